The van der Waals surface area contributed by atoms with E-state index in [-0.39, 0.29) is 23.6 Å². The van der Waals surface area contributed by atoms with Gasteiger partial charge in [-0.1, -0.05) is 0 Å². The van der Waals surface area contributed by atoms with Gasteiger partial charge in [-0.25, -0.2) is 15.4 Å². The van der Waals surface area contributed by atoms with Crippen LogP contribution in [0, 0.1) is 24.7 Å². The Hall–Kier alpha value is -2.91. The third kappa shape index (κ3) is 3.72. The lowest BCUT2D eigenvalue weighted by molar-refractivity contribution is -0.118. The number of aryl methyl sites for hydroxylation is 1. The van der Waals surface area contributed by atoms with Gasteiger partial charge >= 0.3 is 0 Å². The first kappa shape index (κ1) is 22.5. The zero-order valence-corrected chi connectivity index (χ0v) is 20.7. The number of nitrogens with zero attached hydrogens (tertiary/aromatic N) is 2. The van der Waals surface area contributed by atoms with Crippen molar-refractivity contribution >= 4 is 17.4 Å². The summed E-state index contributed by atoms with van der Waals surface area (Å²) in [6.45, 7) is 5.89. The van der Waals surface area contributed by atoms with E-state index in [1.165, 1.54) is 0 Å². The summed E-state index contributed by atoms with van der Waals surface area (Å²) in [5, 5.41) is 6.69. The van der Waals surface area contributed by atoms with Crippen molar-refractivity contribution in [2.45, 2.75) is 70.2 Å². The third-order valence-electron chi connectivity index (χ3n) is 8.27. The zero-order chi connectivity index (χ0) is 24.3. The van der Waals surface area contributed by atoms with E-state index in [4.69, 9.17) is 9.47 Å². The van der Waals surface area contributed by atoms with Gasteiger partial charge in [0.15, 0.2) is 11.6 Å². The van der Waals surface area contributed by atoms with Crippen molar-refractivity contribution in [2.24, 2.45) is 17.8 Å². The highest BCUT2D eigenvalue weighted by Gasteiger charge is 2.67. The van der Waals surface area contributed by atoms with Crippen LogP contribution in [0.5, 0.6) is 11.5 Å². The minimum atomic E-state index is -0.382. The van der Waals surface area contributed by atoms with Crippen LogP contribution < -0.4 is 31.0 Å². The van der Waals surface area contributed by atoms with Gasteiger partial charge in [0.05, 0.1) is 31.0 Å². The van der Waals surface area contributed by atoms with Crippen LogP contribution in [0.1, 0.15) is 50.9 Å². The number of rotatable bonds is 6. The monoisotopic (exact) mass is 478 g/mol. The lowest BCUT2D eigenvalue weighted by Crippen LogP contribution is -2.39. The average molecular weight is 479 g/mol. The fourth-order valence-electron chi connectivity index (χ4n) is 6.57. The first-order chi connectivity index (χ1) is 16.9. The van der Waals surface area contributed by atoms with E-state index in [0.717, 1.165) is 48.5 Å². The van der Waals surface area contributed by atoms with E-state index in [2.05, 4.69) is 37.5 Å². The highest BCUT2D eigenvalue weighted by molar-refractivity contribution is 6.09. The van der Waals surface area contributed by atoms with Crippen molar-refractivity contribution in [3.63, 3.8) is 0 Å². The van der Waals surface area contributed by atoms with Gasteiger partial charge in [0, 0.05) is 17.6 Å². The second kappa shape index (κ2) is 8.34. The van der Waals surface area contributed by atoms with Crippen molar-refractivity contribution in [3.05, 3.63) is 35.8 Å². The van der Waals surface area contributed by atoms with Crippen LogP contribution in [0.15, 0.2) is 24.4 Å². The Morgan fingerprint density at radius 1 is 1.23 bits per heavy atom. The molecule has 186 valence electrons. The largest absolute Gasteiger partial charge is 0.497 e. The molecule has 1 spiro atoms. The van der Waals surface area contributed by atoms with Crippen LogP contribution in [-0.2, 0) is 10.2 Å². The minimum Gasteiger partial charge on any atom is -0.497 e. The van der Waals surface area contributed by atoms with Gasteiger partial charge in [0.1, 0.15) is 11.6 Å². The number of carbonyl (C=O) groups is 1. The summed E-state index contributed by atoms with van der Waals surface area (Å²) in [6, 6.07) is 6.28. The van der Waals surface area contributed by atoms with Gasteiger partial charge in [0.25, 0.3) is 0 Å². The smallest absolute Gasteiger partial charge is 0.235 e. The molecule has 3 heterocycles. The number of hydrogen-bond donors (Lipinski definition) is 4. The molecule has 4 unspecified atom stereocenters. The second-order valence-corrected chi connectivity index (χ2v) is 10.7. The summed E-state index contributed by atoms with van der Waals surface area (Å²) in [4.78, 5) is 22.0. The molecule has 2 aliphatic carbocycles. The molecular weight excluding hydrogens is 444 g/mol. The number of hydrazine groups is 1. The van der Waals surface area contributed by atoms with Crippen molar-refractivity contribution in [3.8, 4) is 11.5 Å². The van der Waals surface area contributed by atoms with Crippen LogP contribution >= 0.6 is 0 Å². The lowest BCUT2D eigenvalue weighted by Gasteiger charge is -2.34. The number of ether oxygens (including phenoxy) is 2. The third-order valence-corrected chi connectivity index (χ3v) is 8.27. The molecule has 4 aliphatic rings. The molecule has 1 amide bonds. The molecular formula is C26H34N6O3. The molecule has 2 aromatic rings. The van der Waals surface area contributed by atoms with E-state index in [1.54, 1.807) is 13.3 Å². The Labute approximate surface area is 205 Å². The molecule has 4 N–H and O–H groups in total. The maximum atomic E-state index is 13.1. The molecule has 1 aromatic heterocycles. The summed E-state index contributed by atoms with van der Waals surface area (Å²) in [7, 11) is 1.67. The van der Waals surface area contributed by atoms with E-state index in [0.29, 0.717) is 35.4 Å². The van der Waals surface area contributed by atoms with Crippen molar-refractivity contribution in [2.75, 3.05) is 17.7 Å². The number of fused-ring (bicyclic) bond motifs is 3. The number of hydrogen-bond acceptors (Lipinski definition) is 8. The number of nitrogens with one attached hydrogen (secondary N) is 4. The van der Waals surface area contributed by atoms with E-state index in [9.17, 15) is 4.79 Å². The average Bonchev–Trinajstić information content (AvgIpc) is 3.39. The zero-order valence-electron chi connectivity index (χ0n) is 20.7. The second-order valence-electron chi connectivity index (χ2n) is 10.7. The first-order valence-corrected chi connectivity index (χ1v) is 12.7. The predicted octanol–water partition coefficient (Wildman–Crippen LogP) is 3.12. The SMILES string of the molecule is COc1ccc2c(c1)[C@]1(C[C@H]1C1CCC3C(C1)NNC3Nc1nc(C)ncc1OC(C)C)C(=O)N2. The molecule has 0 bridgehead atoms. The highest BCUT2D eigenvalue weighted by Crippen LogP contribution is 2.65. The van der Waals surface area contributed by atoms with Crippen molar-refractivity contribution < 1.29 is 14.3 Å². The number of carbonyl (C=O) groups excluding carboxylic acids is 1. The standard InChI is InChI=1S/C26H34N6O3/c1-13(2)35-22-12-27-14(3)28-24(22)30-23-17-7-5-15(9-21(17)31-32-23)19-11-26(19)18-10-16(34-4)6-8-20(18)29-25(26)33/h6,8,10,12-13,15,17,19,21,23,31-32H,5,7,9,11H2,1-4H3,(H,29,33)(H,27,28,30)/t15?,17?,19-,21?,23?,26-/m0/s1. The van der Waals surface area contributed by atoms with E-state index < -0.39 is 0 Å². The maximum Gasteiger partial charge on any atom is 0.235 e. The molecule has 1 aromatic carbocycles. The van der Waals surface area contributed by atoms with Gasteiger partial charge in [-0.3, -0.25) is 10.2 Å². The molecule has 0 radical (unpaired) electrons. The van der Waals surface area contributed by atoms with Gasteiger partial charge in [-0.05, 0) is 82.1 Å². The molecule has 3 fully saturated rings. The Kier molecular flexibility index (Phi) is 5.37. The number of aromatic nitrogens is 2. The highest BCUT2D eigenvalue weighted by atomic mass is 16.5. The van der Waals surface area contributed by atoms with Gasteiger partial charge in [0.2, 0.25) is 5.91 Å². The quantitative estimate of drug-likeness (QED) is 0.502. The first-order valence-electron chi connectivity index (χ1n) is 12.7. The fraction of sp³-hybridized carbons (Fsp3) is 0.577. The van der Waals surface area contributed by atoms with Crippen LogP contribution in [0.25, 0.3) is 0 Å². The summed E-state index contributed by atoms with van der Waals surface area (Å²) in [5.41, 5.74) is 8.65. The predicted molar refractivity (Wildman–Crippen MR) is 132 cm³/mol. The molecule has 9 nitrogen and oxygen atoms in total. The topological polar surface area (TPSA) is 109 Å². The number of benzene rings is 1. The molecule has 2 saturated carbocycles. The molecule has 6 rings (SSSR count). The summed E-state index contributed by atoms with van der Waals surface area (Å²) in [6.07, 6.45) is 6.00. The number of anilines is 2. The van der Waals surface area contributed by atoms with Crippen LogP contribution in [-0.4, -0.2) is 41.3 Å². The van der Waals surface area contributed by atoms with Crippen LogP contribution in [0.4, 0.5) is 11.5 Å². The Morgan fingerprint density at radius 3 is 2.89 bits per heavy atom. The van der Waals surface area contributed by atoms with Gasteiger partial charge in [-0.2, -0.15) is 0 Å². The Morgan fingerprint density at radius 2 is 2.09 bits per heavy atom. The van der Waals surface area contributed by atoms with Crippen molar-refractivity contribution in [1.82, 2.24) is 20.8 Å². The maximum absolute atomic E-state index is 13.1. The normalized spacial score (nSPS) is 32.8. The Balaban J connectivity index is 1.15. The Bertz CT molecular complexity index is 1160. The minimum absolute atomic E-state index is 0.0449. The number of methoxy groups -OCH3 is 1. The molecule has 2 aliphatic heterocycles. The number of amides is 1. The summed E-state index contributed by atoms with van der Waals surface area (Å²) < 4.78 is 11.4. The molecule has 6 atom stereocenters. The van der Waals surface area contributed by atoms with E-state index in [1.807, 2.05) is 32.9 Å². The van der Waals surface area contributed by atoms with Crippen LogP contribution in [0.3, 0.4) is 0 Å². The van der Waals surface area contributed by atoms with Crippen molar-refractivity contribution in [1.29, 1.82) is 0 Å². The van der Waals surface area contributed by atoms with Gasteiger partial charge < -0.3 is 20.1 Å². The molecule has 35 heavy (non-hydrogen) atoms. The summed E-state index contributed by atoms with van der Waals surface area (Å²) >= 11 is 0. The molecule has 1 saturated heterocycles. The van der Waals surface area contributed by atoms with Crippen LogP contribution in [0.2, 0.25) is 0 Å². The fourth-order valence-corrected chi connectivity index (χ4v) is 6.57. The van der Waals surface area contributed by atoms with E-state index >= 15 is 0 Å². The summed E-state index contributed by atoms with van der Waals surface area (Å²) in [5.74, 6) is 4.38. The van der Waals surface area contributed by atoms with Gasteiger partial charge in [-0.15, -0.1) is 0 Å². The molecule has 9 heteroatoms. The lowest BCUT2D eigenvalue weighted by atomic mass is 9.74.